The highest BCUT2D eigenvalue weighted by Crippen LogP contribution is 2.08. The summed E-state index contributed by atoms with van der Waals surface area (Å²) in [5.74, 6) is 1.32. The van der Waals surface area contributed by atoms with E-state index >= 15 is 0 Å². The van der Waals surface area contributed by atoms with Crippen molar-refractivity contribution in [3.63, 3.8) is 0 Å². The lowest BCUT2D eigenvalue weighted by atomic mass is 10.3. The zero-order chi connectivity index (χ0) is 15.0. The number of aryl methyl sites for hydroxylation is 1. The van der Waals surface area contributed by atoms with Crippen LogP contribution in [-0.4, -0.2) is 25.6 Å². The van der Waals surface area contributed by atoms with E-state index in [2.05, 4.69) is 15.3 Å². The average molecular weight is 289 g/mol. The Morgan fingerprint density at radius 1 is 1.33 bits per heavy atom. The van der Waals surface area contributed by atoms with E-state index in [4.69, 9.17) is 4.42 Å². The first kappa shape index (κ1) is 13.2. The molecule has 0 aliphatic heterocycles. The van der Waals surface area contributed by atoms with Crippen molar-refractivity contribution in [1.29, 1.82) is 0 Å². The molecule has 0 radical (unpaired) electrons. The van der Waals surface area contributed by atoms with Gasteiger partial charge in [0.25, 0.3) is 5.56 Å². The van der Waals surface area contributed by atoms with Gasteiger partial charge in [0.1, 0.15) is 5.76 Å². The highest BCUT2D eigenvalue weighted by molar-refractivity contribution is 5.72. The second kappa shape index (κ2) is 4.97. The molecule has 110 valence electrons. The summed E-state index contributed by atoms with van der Waals surface area (Å²) in [7, 11) is 3.02. The van der Waals surface area contributed by atoms with Crippen LogP contribution in [0.3, 0.4) is 0 Å². The minimum atomic E-state index is -0.402. The first-order valence-corrected chi connectivity index (χ1v) is 6.50. The normalized spacial score (nSPS) is 11.1. The lowest BCUT2D eigenvalue weighted by Gasteiger charge is -2.00. The molecule has 0 spiro atoms. The maximum atomic E-state index is 12.0. The van der Waals surface area contributed by atoms with Gasteiger partial charge < -0.3 is 14.7 Å². The van der Waals surface area contributed by atoms with E-state index in [0.29, 0.717) is 30.1 Å². The van der Waals surface area contributed by atoms with Crippen molar-refractivity contribution in [1.82, 2.24) is 19.1 Å². The first-order chi connectivity index (χ1) is 10.1. The van der Waals surface area contributed by atoms with Crippen LogP contribution in [0.25, 0.3) is 11.2 Å². The van der Waals surface area contributed by atoms with Gasteiger partial charge in [0.2, 0.25) is 5.95 Å². The fourth-order valence-corrected chi connectivity index (χ4v) is 2.17. The summed E-state index contributed by atoms with van der Waals surface area (Å²) in [6.45, 7) is 0.599. The van der Waals surface area contributed by atoms with E-state index in [9.17, 15) is 9.59 Å². The zero-order valence-corrected chi connectivity index (χ0v) is 11.7. The SMILES string of the molecule is Cn1c(=O)c2[nH]c(NCCc3ccco3)nc2n(C)c1=O. The van der Waals surface area contributed by atoms with E-state index in [1.54, 1.807) is 13.3 Å². The highest BCUT2D eigenvalue weighted by Gasteiger charge is 2.13. The van der Waals surface area contributed by atoms with Crippen LogP contribution in [-0.2, 0) is 20.5 Å². The fraction of sp³-hybridized carbons (Fsp3) is 0.308. The number of aromatic amines is 1. The standard InChI is InChI=1S/C13H15N5O3/c1-17-10-9(11(19)18(2)13(17)20)15-12(16-10)14-6-5-8-4-3-7-21-8/h3-4,7H,5-6H2,1-2H3,(H2,14,15,16). The summed E-state index contributed by atoms with van der Waals surface area (Å²) in [6, 6.07) is 3.72. The average Bonchev–Trinajstić information content (AvgIpc) is 3.12. The summed E-state index contributed by atoms with van der Waals surface area (Å²) < 4.78 is 7.62. The van der Waals surface area contributed by atoms with Gasteiger partial charge in [-0.05, 0) is 12.1 Å². The van der Waals surface area contributed by atoms with Gasteiger partial charge in [-0.2, -0.15) is 4.98 Å². The van der Waals surface area contributed by atoms with Crippen molar-refractivity contribution in [2.24, 2.45) is 14.1 Å². The van der Waals surface area contributed by atoms with Crippen molar-refractivity contribution < 1.29 is 4.42 Å². The van der Waals surface area contributed by atoms with Crippen molar-refractivity contribution >= 4 is 17.1 Å². The molecule has 3 aromatic rings. The Morgan fingerprint density at radius 2 is 2.14 bits per heavy atom. The third-order valence-corrected chi connectivity index (χ3v) is 3.34. The van der Waals surface area contributed by atoms with E-state index < -0.39 is 5.69 Å². The first-order valence-electron chi connectivity index (χ1n) is 6.50. The van der Waals surface area contributed by atoms with Crippen LogP contribution in [0.15, 0.2) is 32.4 Å². The minimum Gasteiger partial charge on any atom is -0.469 e. The molecule has 8 nitrogen and oxygen atoms in total. The molecular formula is C13H15N5O3. The monoisotopic (exact) mass is 289 g/mol. The molecule has 0 saturated heterocycles. The van der Waals surface area contributed by atoms with Gasteiger partial charge in [-0.25, -0.2) is 4.79 Å². The van der Waals surface area contributed by atoms with Crippen LogP contribution in [0.2, 0.25) is 0 Å². The van der Waals surface area contributed by atoms with Gasteiger partial charge in [0.15, 0.2) is 11.2 Å². The van der Waals surface area contributed by atoms with Crippen LogP contribution in [0.4, 0.5) is 5.95 Å². The van der Waals surface area contributed by atoms with Gasteiger partial charge in [0, 0.05) is 27.1 Å². The molecule has 0 aliphatic carbocycles. The second-order valence-electron chi connectivity index (χ2n) is 4.75. The molecule has 21 heavy (non-hydrogen) atoms. The van der Waals surface area contributed by atoms with Crippen LogP contribution < -0.4 is 16.6 Å². The molecule has 0 saturated carbocycles. The van der Waals surface area contributed by atoms with Crippen molar-refractivity contribution in [2.45, 2.75) is 6.42 Å². The van der Waals surface area contributed by atoms with E-state index in [-0.39, 0.29) is 5.56 Å². The lowest BCUT2D eigenvalue weighted by molar-refractivity contribution is 0.513. The number of nitrogens with one attached hydrogen (secondary N) is 2. The topological polar surface area (TPSA) is 97.8 Å². The number of imidazole rings is 1. The van der Waals surface area contributed by atoms with E-state index in [0.717, 1.165) is 10.3 Å². The Balaban J connectivity index is 1.88. The molecule has 0 aromatic carbocycles. The maximum Gasteiger partial charge on any atom is 0.332 e. The number of aromatic nitrogens is 4. The summed E-state index contributed by atoms with van der Waals surface area (Å²) in [5.41, 5.74) is -0.149. The zero-order valence-electron chi connectivity index (χ0n) is 11.7. The minimum absolute atomic E-state index is 0.306. The van der Waals surface area contributed by atoms with Crippen LogP contribution >= 0.6 is 0 Å². The lowest BCUT2D eigenvalue weighted by Crippen LogP contribution is -2.36. The maximum absolute atomic E-state index is 12.0. The van der Waals surface area contributed by atoms with Gasteiger partial charge >= 0.3 is 5.69 Å². The third kappa shape index (κ3) is 2.24. The summed E-state index contributed by atoms with van der Waals surface area (Å²) in [5, 5.41) is 3.08. The van der Waals surface area contributed by atoms with Crippen molar-refractivity contribution in [3.8, 4) is 0 Å². The Hall–Kier alpha value is -2.77. The summed E-state index contributed by atoms with van der Waals surface area (Å²) in [6.07, 6.45) is 2.32. The predicted molar refractivity (Wildman–Crippen MR) is 77.5 cm³/mol. The largest absolute Gasteiger partial charge is 0.469 e. The predicted octanol–water partition coefficient (Wildman–Crippen LogP) is 0.208. The summed E-state index contributed by atoms with van der Waals surface area (Å²) >= 11 is 0. The van der Waals surface area contributed by atoms with Crippen LogP contribution in [0, 0.1) is 0 Å². The Labute approximate surface area is 119 Å². The molecule has 0 atom stereocenters. The van der Waals surface area contributed by atoms with Gasteiger partial charge in [-0.1, -0.05) is 0 Å². The number of hydrogen-bond donors (Lipinski definition) is 2. The quantitative estimate of drug-likeness (QED) is 0.715. The fourth-order valence-electron chi connectivity index (χ4n) is 2.17. The number of fused-ring (bicyclic) bond motifs is 1. The molecule has 0 fully saturated rings. The molecule has 3 heterocycles. The molecule has 0 unspecified atom stereocenters. The molecule has 0 bridgehead atoms. The molecule has 3 aromatic heterocycles. The number of anilines is 1. The number of hydrogen-bond acceptors (Lipinski definition) is 5. The van der Waals surface area contributed by atoms with Crippen LogP contribution in [0.5, 0.6) is 0 Å². The summed E-state index contributed by atoms with van der Waals surface area (Å²) in [4.78, 5) is 31.0. The number of H-pyrrole nitrogens is 1. The van der Waals surface area contributed by atoms with Gasteiger partial charge in [0.05, 0.1) is 6.26 Å². The molecule has 3 rings (SSSR count). The van der Waals surface area contributed by atoms with Crippen molar-refractivity contribution in [3.05, 3.63) is 45.0 Å². The number of nitrogens with zero attached hydrogens (tertiary/aromatic N) is 3. The highest BCUT2D eigenvalue weighted by atomic mass is 16.3. The number of rotatable bonds is 4. The Kier molecular flexibility index (Phi) is 3.13. The van der Waals surface area contributed by atoms with E-state index in [1.165, 1.54) is 11.6 Å². The third-order valence-electron chi connectivity index (χ3n) is 3.34. The molecule has 8 heteroatoms. The van der Waals surface area contributed by atoms with Gasteiger partial charge in [-0.15, -0.1) is 0 Å². The molecular weight excluding hydrogens is 274 g/mol. The van der Waals surface area contributed by atoms with E-state index in [1.807, 2.05) is 12.1 Å². The smallest absolute Gasteiger partial charge is 0.332 e. The second-order valence-corrected chi connectivity index (χ2v) is 4.75. The molecule has 0 amide bonds. The molecule has 2 N–H and O–H groups in total. The Morgan fingerprint density at radius 3 is 2.86 bits per heavy atom. The number of furan rings is 1. The Bertz CT molecular complexity index is 885. The van der Waals surface area contributed by atoms with Crippen LogP contribution in [0.1, 0.15) is 5.76 Å². The van der Waals surface area contributed by atoms with Crippen molar-refractivity contribution in [2.75, 3.05) is 11.9 Å². The molecule has 0 aliphatic rings. The van der Waals surface area contributed by atoms with Gasteiger partial charge in [-0.3, -0.25) is 13.9 Å².